The van der Waals surface area contributed by atoms with Gasteiger partial charge in [0, 0.05) is 12.8 Å². The van der Waals surface area contributed by atoms with Gasteiger partial charge in [0.15, 0.2) is 0 Å². The van der Waals surface area contributed by atoms with E-state index in [0.29, 0.717) is 12.8 Å². The van der Waals surface area contributed by atoms with Gasteiger partial charge in [0.25, 0.3) is 0 Å². The number of carboxylic acids is 1. The normalized spacial score (nSPS) is 12.2. The lowest BCUT2D eigenvalue weighted by molar-refractivity contribution is -0.150. The lowest BCUT2D eigenvalue weighted by atomic mass is 10.0. The zero-order chi connectivity index (χ0) is 33.6. The van der Waals surface area contributed by atoms with Gasteiger partial charge in [-0.2, -0.15) is 0 Å². The number of aliphatic carboxylic acids is 1. The van der Waals surface area contributed by atoms with Crippen molar-refractivity contribution >= 4 is 11.9 Å². The minimum atomic E-state index is -0.676. The fraction of sp³-hybridized carbons (Fsp3) is 0.905. The van der Waals surface area contributed by atoms with Crippen LogP contribution >= 0.6 is 0 Å². The van der Waals surface area contributed by atoms with Gasteiger partial charge >= 0.3 is 11.9 Å². The molecule has 0 aliphatic heterocycles. The van der Waals surface area contributed by atoms with E-state index in [0.717, 1.165) is 51.4 Å². The molecular formula is C42H80O4. The third kappa shape index (κ3) is 37.1. The first kappa shape index (κ1) is 44.7. The first-order valence-electron chi connectivity index (χ1n) is 20.7. The summed E-state index contributed by atoms with van der Waals surface area (Å²) in [5.41, 5.74) is 0. The van der Waals surface area contributed by atoms with Crippen molar-refractivity contribution < 1.29 is 19.4 Å². The van der Waals surface area contributed by atoms with Crippen LogP contribution in [0.1, 0.15) is 239 Å². The van der Waals surface area contributed by atoms with Gasteiger partial charge in [-0.3, -0.25) is 9.59 Å². The number of hydrogen-bond acceptors (Lipinski definition) is 3. The minimum Gasteiger partial charge on any atom is -0.481 e. The fourth-order valence-electron chi connectivity index (χ4n) is 6.42. The maximum atomic E-state index is 12.7. The average molecular weight is 649 g/mol. The molecule has 1 N–H and O–H groups in total. The van der Waals surface area contributed by atoms with Gasteiger partial charge in [-0.1, -0.05) is 174 Å². The summed E-state index contributed by atoms with van der Waals surface area (Å²) in [5, 5.41) is 8.73. The van der Waals surface area contributed by atoms with Gasteiger partial charge in [0.1, 0.15) is 6.10 Å². The van der Waals surface area contributed by atoms with Crippen LogP contribution in [0.15, 0.2) is 12.2 Å². The van der Waals surface area contributed by atoms with Crippen molar-refractivity contribution in [3.05, 3.63) is 12.2 Å². The summed E-state index contributed by atoms with van der Waals surface area (Å²) in [6.07, 6.45) is 46.7. The van der Waals surface area contributed by atoms with E-state index >= 15 is 0 Å². The van der Waals surface area contributed by atoms with E-state index in [9.17, 15) is 9.59 Å². The van der Waals surface area contributed by atoms with Crippen LogP contribution in [0.4, 0.5) is 0 Å². The smallest absolute Gasteiger partial charge is 0.306 e. The van der Waals surface area contributed by atoms with Gasteiger partial charge < -0.3 is 9.84 Å². The summed E-state index contributed by atoms with van der Waals surface area (Å²) in [5.74, 6) is -0.645. The number of carbonyl (C=O) groups is 2. The molecule has 0 aliphatic rings. The zero-order valence-electron chi connectivity index (χ0n) is 31.2. The lowest BCUT2D eigenvalue weighted by Crippen LogP contribution is -2.18. The molecule has 0 heterocycles. The van der Waals surface area contributed by atoms with E-state index in [1.807, 2.05) is 0 Å². The molecule has 0 rings (SSSR count). The standard InChI is InChI=1S/C42H80O4/c1-3-5-7-9-11-12-13-14-15-16-17-18-19-23-27-31-35-39-42(45)46-40(36-32-28-24-10-8-6-4-2)37-33-29-25-21-20-22-26-30-34-38-41(43)44/h14-15,40H,3-13,16-39H2,1-2H3,(H,43,44)/b15-14-. The Bertz CT molecular complexity index is 658. The predicted octanol–water partition coefficient (Wildman–Crippen LogP) is 14.2. The van der Waals surface area contributed by atoms with Crippen molar-refractivity contribution in [1.29, 1.82) is 0 Å². The highest BCUT2D eigenvalue weighted by atomic mass is 16.5. The summed E-state index contributed by atoms with van der Waals surface area (Å²) in [4.78, 5) is 23.3. The van der Waals surface area contributed by atoms with Crippen LogP contribution in [0, 0.1) is 0 Å². The molecule has 0 spiro atoms. The molecular weight excluding hydrogens is 568 g/mol. The van der Waals surface area contributed by atoms with Crippen molar-refractivity contribution in [3.8, 4) is 0 Å². The monoisotopic (exact) mass is 649 g/mol. The first-order valence-corrected chi connectivity index (χ1v) is 20.7. The molecule has 0 radical (unpaired) electrons. The zero-order valence-corrected chi connectivity index (χ0v) is 31.2. The predicted molar refractivity (Wildman–Crippen MR) is 200 cm³/mol. The molecule has 46 heavy (non-hydrogen) atoms. The Balaban J connectivity index is 3.93. The third-order valence-electron chi connectivity index (χ3n) is 9.49. The number of allylic oxidation sites excluding steroid dienone is 2. The Morgan fingerprint density at radius 3 is 1.17 bits per heavy atom. The summed E-state index contributed by atoms with van der Waals surface area (Å²) in [6, 6.07) is 0. The van der Waals surface area contributed by atoms with Gasteiger partial charge in [-0.15, -0.1) is 0 Å². The third-order valence-corrected chi connectivity index (χ3v) is 9.49. The Kier molecular flexibility index (Phi) is 37.0. The number of ether oxygens (including phenoxy) is 1. The van der Waals surface area contributed by atoms with Gasteiger partial charge in [0.2, 0.25) is 0 Å². The average Bonchev–Trinajstić information content (AvgIpc) is 3.04. The van der Waals surface area contributed by atoms with E-state index in [1.165, 1.54) is 161 Å². The van der Waals surface area contributed by atoms with E-state index in [4.69, 9.17) is 9.84 Å². The second-order valence-corrected chi connectivity index (χ2v) is 14.2. The van der Waals surface area contributed by atoms with Crippen LogP contribution in [-0.2, 0) is 14.3 Å². The number of carboxylic acid groups (broad SMARTS) is 1. The molecule has 0 amide bonds. The molecule has 0 saturated carbocycles. The van der Waals surface area contributed by atoms with Crippen LogP contribution < -0.4 is 0 Å². The summed E-state index contributed by atoms with van der Waals surface area (Å²) in [6.45, 7) is 4.55. The summed E-state index contributed by atoms with van der Waals surface area (Å²) in [7, 11) is 0. The van der Waals surface area contributed by atoms with Gasteiger partial charge in [-0.25, -0.2) is 0 Å². The van der Waals surface area contributed by atoms with Crippen LogP contribution in [0.5, 0.6) is 0 Å². The molecule has 0 bridgehead atoms. The highest BCUT2D eigenvalue weighted by Gasteiger charge is 2.14. The number of carbonyl (C=O) groups excluding carboxylic acids is 1. The molecule has 0 aromatic rings. The molecule has 1 atom stereocenters. The first-order chi connectivity index (χ1) is 22.6. The van der Waals surface area contributed by atoms with E-state index in [1.54, 1.807) is 0 Å². The molecule has 0 aromatic carbocycles. The molecule has 0 aromatic heterocycles. The molecule has 0 saturated heterocycles. The SMILES string of the molecule is CCCCCCCC/C=C\CCCCCCCCCC(=O)OC(CCCCCCCCC)CCCCCCCCCCCC(=O)O. The van der Waals surface area contributed by atoms with Crippen molar-refractivity contribution in [2.24, 2.45) is 0 Å². The quantitative estimate of drug-likeness (QED) is 0.0411. The number of hydrogen-bond donors (Lipinski definition) is 1. The number of rotatable bonds is 38. The fourth-order valence-corrected chi connectivity index (χ4v) is 6.42. The minimum absolute atomic E-state index is 0.0311. The molecule has 1 unspecified atom stereocenters. The highest BCUT2D eigenvalue weighted by Crippen LogP contribution is 2.19. The Morgan fingerprint density at radius 2 is 0.783 bits per heavy atom. The Labute approximate surface area is 287 Å². The van der Waals surface area contributed by atoms with Crippen molar-refractivity contribution in [2.45, 2.75) is 245 Å². The molecule has 272 valence electrons. The maximum Gasteiger partial charge on any atom is 0.306 e. The number of unbranched alkanes of at least 4 members (excludes halogenated alkanes) is 27. The second-order valence-electron chi connectivity index (χ2n) is 14.2. The number of esters is 1. The molecule has 4 heteroatoms. The van der Waals surface area contributed by atoms with Crippen molar-refractivity contribution in [1.82, 2.24) is 0 Å². The van der Waals surface area contributed by atoms with Crippen LogP contribution in [-0.4, -0.2) is 23.1 Å². The van der Waals surface area contributed by atoms with Crippen LogP contribution in [0.25, 0.3) is 0 Å². The van der Waals surface area contributed by atoms with E-state index < -0.39 is 5.97 Å². The second kappa shape index (κ2) is 38.1. The van der Waals surface area contributed by atoms with E-state index in [2.05, 4.69) is 26.0 Å². The summed E-state index contributed by atoms with van der Waals surface area (Å²) < 4.78 is 6.04. The topological polar surface area (TPSA) is 63.6 Å². The maximum absolute atomic E-state index is 12.7. The van der Waals surface area contributed by atoms with Gasteiger partial charge in [0.05, 0.1) is 0 Å². The largest absolute Gasteiger partial charge is 0.481 e. The lowest BCUT2D eigenvalue weighted by Gasteiger charge is -2.18. The Hall–Kier alpha value is -1.32. The van der Waals surface area contributed by atoms with Crippen LogP contribution in [0.2, 0.25) is 0 Å². The molecule has 0 aliphatic carbocycles. The van der Waals surface area contributed by atoms with E-state index in [-0.39, 0.29) is 12.1 Å². The van der Waals surface area contributed by atoms with Crippen molar-refractivity contribution in [2.75, 3.05) is 0 Å². The Morgan fingerprint density at radius 1 is 0.457 bits per heavy atom. The van der Waals surface area contributed by atoms with Crippen LogP contribution in [0.3, 0.4) is 0 Å². The highest BCUT2D eigenvalue weighted by molar-refractivity contribution is 5.69. The van der Waals surface area contributed by atoms with Gasteiger partial charge in [-0.05, 0) is 64.2 Å². The molecule has 0 fully saturated rings. The van der Waals surface area contributed by atoms with Crippen molar-refractivity contribution in [3.63, 3.8) is 0 Å². The molecule has 4 nitrogen and oxygen atoms in total. The summed E-state index contributed by atoms with van der Waals surface area (Å²) >= 11 is 0.